The summed E-state index contributed by atoms with van der Waals surface area (Å²) in [5, 5.41) is 5.50. The van der Waals surface area contributed by atoms with Crippen LogP contribution in [0.1, 0.15) is 16.7 Å². The standard InChI is InChI=1S/C17H20N2O3S/c1-12-7-6-10-15(13(12)2)18-17(20)19-16-9-5-4-8-14(16)11-23(3,21)22/h4-10H,11H2,1-3H3,(H2,18,19,20). The maximum atomic E-state index is 12.2. The molecule has 2 rings (SSSR count). The van der Waals surface area contributed by atoms with Crippen LogP contribution in [0.15, 0.2) is 42.5 Å². The zero-order valence-electron chi connectivity index (χ0n) is 13.4. The fourth-order valence-corrected chi connectivity index (χ4v) is 3.03. The van der Waals surface area contributed by atoms with Crippen molar-refractivity contribution in [1.29, 1.82) is 0 Å². The van der Waals surface area contributed by atoms with E-state index >= 15 is 0 Å². The Hall–Kier alpha value is -2.34. The Morgan fingerprint density at radius 3 is 2.26 bits per heavy atom. The molecule has 2 N–H and O–H groups in total. The largest absolute Gasteiger partial charge is 0.323 e. The molecule has 0 heterocycles. The van der Waals surface area contributed by atoms with Crippen LogP contribution >= 0.6 is 0 Å². The topological polar surface area (TPSA) is 75.3 Å². The van der Waals surface area contributed by atoms with Crippen molar-refractivity contribution in [2.45, 2.75) is 19.6 Å². The predicted octanol–water partition coefficient (Wildman–Crippen LogP) is 3.49. The zero-order valence-corrected chi connectivity index (χ0v) is 14.2. The Kier molecular flexibility index (Phi) is 5.05. The first-order chi connectivity index (χ1) is 10.8. The quantitative estimate of drug-likeness (QED) is 0.900. The van der Waals surface area contributed by atoms with Crippen molar-refractivity contribution in [1.82, 2.24) is 0 Å². The smallest absolute Gasteiger partial charge is 0.307 e. The summed E-state index contributed by atoms with van der Waals surface area (Å²) in [6.45, 7) is 3.91. The minimum atomic E-state index is -3.18. The first-order valence-electron chi connectivity index (χ1n) is 7.16. The van der Waals surface area contributed by atoms with Gasteiger partial charge in [0.1, 0.15) is 0 Å². The van der Waals surface area contributed by atoms with Gasteiger partial charge >= 0.3 is 6.03 Å². The van der Waals surface area contributed by atoms with Gasteiger partial charge in [-0.3, -0.25) is 0 Å². The molecule has 0 aromatic heterocycles. The van der Waals surface area contributed by atoms with Gasteiger partial charge in [-0.1, -0.05) is 30.3 Å². The highest BCUT2D eigenvalue weighted by Crippen LogP contribution is 2.20. The van der Waals surface area contributed by atoms with Crippen molar-refractivity contribution in [3.63, 3.8) is 0 Å². The zero-order chi connectivity index (χ0) is 17.0. The number of benzene rings is 2. The molecule has 0 fully saturated rings. The molecule has 2 aromatic rings. The molecule has 0 aliphatic rings. The maximum absolute atomic E-state index is 12.2. The lowest BCUT2D eigenvalue weighted by Gasteiger charge is -2.13. The van der Waals surface area contributed by atoms with Gasteiger partial charge in [-0.2, -0.15) is 0 Å². The fraction of sp³-hybridized carbons (Fsp3) is 0.235. The van der Waals surface area contributed by atoms with E-state index in [4.69, 9.17) is 0 Å². The number of anilines is 2. The molecule has 0 unspecified atom stereocenters. The predicted molar refractivity (Wildman–Crippen MR) is 93.5 cm³/mol. The Morgan fingerprint density at radius 2 is 1.57 bits per heavy atom. The molecule has 0 radical (unpaired) electrons. The number of hydrogen-bond acceptors (Lipinski definition) is 3. The first kappa shape index (κ1) is 17.0. The summed E-state index contributed by atoms with van der Waals surface area (Å²) < 4.78 is 23.0. The summed E-state index contributed by atoms with van der Waals surface area (Å²) in [5.41, 5.74) is 3.85. The molecule has 0 bridgehead atoms. The monoisotopic (exact) mass is 332 g/mol. The molecular weight excluding hydrogens is 312 g/mol. The number of carbonyl (C=O) groups is 1. The molecule has 122 valence electrons. The second-order valence-electron chi connectivity index (χ2n) is 5.55. The highest BCUT2D eigenvalue weighted by Gasteiger charge is 2.12. The Bertz CT molecular complexity index is 829. The molecule has 0 saturated carbocycles. The second-order valence-corrected chi connectivity index (χ2v) is 7.69. The Morgan fingerprint density at radius 1 is 0.957 bits per heavy atom. The van der Waals surface area contributed by atoms with Gasteiger partial charge in [0, 0.05) is 17.6 Å². The third-order valence-corrected chi connectivity index (χ3v) is 4.37. The van der Waals surface area contributed by atoms with Gasteiger partial charge in [-0.25, -0.2) is 13.2 Å². The second kappa shape index (κ2) is 6.83. The van der Waals surface area contributed by atoms with Crippen LogP contribution < -0.4 is 10.6 Å². The Balaban J connectivity index is 2.16. The normalized spacial score (nSPS) is 11.1. The maximum Gasteiger partial charge on any atom is 0.323 e. The summed E-state index contributed by atoms with van der Waals surface area (Å²) in [5.74, 6) is -0.118. The lowest BCUT2D eigenvalue weighted by Crippen LogP contribution is -2.21. The van der Waals surface area contributed by atoms with Crippen molar-refractivity contribution in [2.24, 2.45) is 0 Å². The van der Waals surface area contributed by atoms with E-state index in [1.54, 1.807) is 24.3 Å². The number of amides is 2. The van der Waals surface area contributed by atoms with Crippen molar-refractivity contribution >= 4 is 27.2 Å². The van der Waals surface area contributed by atoms with Gasteiger partial charge in [0.25, 0.3) is 0 Å². The van der Waals surface area contributed by atoms with Crippen molar-refractivity contribution in [3.8, 4) is 0 Å². The summed E-state index contributed by atoms with van der Waals surface area (Å²) >= 11 is 0. The Labute approximate surface area is 136 Å². The van der Waals surface area contributed by atoms with Gasteiger partial charge in [0.2, 0.25) is 0 Å². The van der Waals surface area contributed by atoms with E-state index in [1.165, 1.54) is 6.26 Å². The molecule has 0 atom stereocenters. The molecule has 23 heavy (non-hydrogen) atoms. The van der Waals surface area contributed by atoms with Crippen molar-refractivity contribution in [2.75, 3.05) is 16.9 Å². The van der Waals surface area contributed by atoms with E-state index in [1.807, 2.05) is 32.0 Å². The van der Waals surface area contributed by atoms with Crippen LogP contribution in [0.5, 0.6) is 0 Å². The van der Waals surface area contributed by atoms with Crippen LogP contribution in [0, 0.1) is 13.8 Å². The van der Waals surface area contributed by atoms with E-state index in [-0.39, 0.29) is 5.75 Å². The molecule has 0 saturated heterocycles. The molecule has 2 amide bonds. The number of nitrogens with one attached hydrogen (secondary N) is 2. The number of rotatable bonds is 4. The average molecular weight is 332 g/mol. The summed E-state index contributed by atoms with van der Waals surface area (Å²) in [7, 11) is -3.18. The van der Waals surface area contributed by atoms with Crippen LogP contribution in [-0.2, 0) is 15.6 Å². The lowest BCUT2D eigenvalue weighted by molar-refractivity contribution is 0.262. The minimum Gasteiger partial charge on any atom is -0.307 e. The fourth-order valence-electron chi connectivity index (χ4n) is 2.21. The van der Waals surface area contributed by atoms with E-state index < -0.39 is 15.9 Å². The highest BCUT2D eigenvalue weighted by atomic mass is 32.2. The number of sulfone groups is 1. The minimum absolute atomic E-state index is 0.118. The van der Waals surface area contributed by atoms with Crippen molar-refractivity contribution in [3.05, 3.63) is 59.2 Å². The van der Waals surface area contributed by atoms with Gasteiger partial charge in [-0.15, -0.1) is 0 Å². The molecule has 6 heteroatoms. The molecular formula is C17H20N2O3S. The molecule has 2 aromatic carbocycles. The molecule has 0 spiro atoms. The molecule has 0 aliphatic heterocycles. The average Bonchev–Trinajstić information content (AvgIpc) is 2.44. The van der Waals surface area contributed by atoms with E-state index in [0.29, 0.717) is 11.3 Å². The summed E-state index contributed by atoms with van der Waals surface area (Å²) in [6.07, 6.45) is 1.17. The van der Waals surface area contributed by atoms with E-state index in [2.05, 4.69) is 10.6 Å². The van der Waals surface area contributed by atoms with Crippen LogP contribution in [0.3, 0.4) is 0 Å². The van der Waals surface area contributed by atoms with E-state index in [0.717, 1.165) is 16.8 Å². The lowest BCUT2D eigenvalue weighted by atomic mass is 10.1. The van der Waals surface area contributed by atoms with Gasteiger partial charge in [-0.05, 0) is 42.7 Å². The number of para-hydroxylation sites is 1. The van der Waals surface area contributed by atoms with Crippen LogP contribution in [0.4, 0.5) is 16.2 Å². The third-order valence-electron chi connectivity index (χ3n) is 3.54. The summed E-state index contributed by atoms with van der Waals surface area (Å²) in [4.78, 5) is 12.2. The van der Waals surface area contributed by atoms with Crippen LogP contribution in [-0.4, -0.2) is 20.7 Å². The number of hydrogen-bond donors (Lipinski definition) is 2. The first-order valence-corrected chi connectivity index (χ1v) is 9.22. The van der Waals surface area contributed by atoms with Crippen LogP contribution in [0.25, 0.3) is 0 Å². The van der Waals surface area contributed by atoms with E-state index in [9.17, 15) is 13.2 Å². The van der Waals surface area contributed by atoms with Crippen LogP contribution in [0.2, 0.25) is 0 Å². The number of aryl methyl sites for hydroxylation is 1. The summed E-state index contributed by atoms with van der Waals surface area (Å²) in [6, 6.07) is 12.1. The highest BCUT2D eigenvalue weighted by molar-refractivity contribution is 7.89. The molecule has 5 nitrogen and oxygen atoms in total. The van der Waals surface area contributed by atoms with Gasteiger partial charge in [0.15, 0.2) is 9.84 Å². The molecule has 0 aliphatic carbocycles. The van der Waals surface area contributed by atoms with Gasteiger partial charge in [0.05, 0.1) is 5.75 Å². The van der Waals surface area contributed by atoms with Crippen molar-refractivity contribution < 1.29 is 13.2 Å². The van der Waals surface area contributed by atoms with Gasteiger partial charge < -0.3 is 10.6 Å². The third kappa shape index (κ3) is 4.82. The SMILES string of the molecule is Cc1cccc(NC(=O)Nc2ccccc2CS(C)(=O)=O)c1C. The number of urea groups is 1. The number of carbonyl (C=O) groups excluding carboxylic acids is 1.